The van der Waals surface area contributed by atoms with Crippen molar-refractivity contribution in [3.8, 4) is 0 Å². The molecule has 0 amide bonds. The summed E-state index contributed by atoms with van der Waals surface area (Å²) in [7, 11) is 0. The Balaban J connectivity index is 2.45. The zero-order valence-corrected chi connectivity index (χ0v) is 4.72. The summed E-state index contributed by atoms with van der Waals surface area (Å²) < 4.78 is 0. The van der Waals surface area contributed by atoms with Gasteiger partial charge in [-0.05, 0) is 6.92 Å². The number of hydrogen-bond acceptors (Lipinski definition) is 3. The van der Waals surface area contributed by atoms with E-state index in [4.69, 9.17) is 5.73 Å². The molecule has 1 unspecified atom stereocenters. The van der Waals surface area contributed by atoms with Crippen molar-refractivity contribution < 1.29 is 0 Å². The standard InChI is InChI=1S/C5H10N3/c1-4(6)5-7-2-3-8-5/h4H,1-3,6H2,(H,7,8). The van der Waals surface area contributed by atoms with Crippen LogP contribution in [0.3, 0.4) is 0 Å². The van der Waals surface area contributed by atoms with Gasteiger partial charge < -0.3 is 11.1 Å². The second kappa shape index (κ2) is 2.13. The molecule has 1 aliphatic heterocycles. The van der Waals surface area contributed by atoms with E-state index >= 15 is 0 Å². The molecule has 45 valence electrons. The maximum Gasteiger partial charge on any atom is 0.113 e. The quantitative estimate of drug-likeness (QED) is 0.464. The van der Waals surface area contributed by atoms with Gasteiger partial charge in [-0.3, -0.25) is 4.99 Å². The molecular weight excluding hydrogens is 102 g/mol. The third-order valence-corrected chi connectivity index (χ3v) is 1.05. The van der Waals surface area contributed by atoms with Crippen molar-refractivity contribution in [3.05, 3.63) is 6.92 Å². The van der Waals surface area contributed by atoms with Crippen molar-refractivity contribution in [3.63, 3.8) is 0 Å². The molecule has 3 nitrogen and oxygen atoms in total. The second-order valence-electron chi connectivity index (χ2n) is 1.80. The van der Waals surface area contributed by atoms with E-state index in [1.807, 2.05) is 0 Å². The highest BCUT2D eigenvalue weighted by Gasteiger charge is 2.07. The predicted molar refractivity (Wildman–Crippen MR) is 33.6 cm³/mol. The molecule has 0 aromatic carbocycles. The lowest BCUT2D eigenvalue weighted by atomic mass is 10.3. The molecule has 1 heterocycles. The van der Waals surface area contributed by atoms with E-state index in [0.29, 0.717) is 0 Å². The van der Waals surface area contributed by atoms with Crippen LogP contribution in [0.1, 0.15) is 0 Å². The van der Waals surface area contributed by atoms with Crippen LogP contribution in [0.5, 0.6) is 0 Å². The highest BCUT2D eigenvalue weighted by atomic mass is 15.1. The summed E-state index contributed by atoms with van der Waals surface area (Å²) in [6.45, 7) is 5.37. The number of nitrogens with zero attached hydrogens (tertiary/aromatic N) is 1. The van der Waals surface area contributed by atoms with Crippen LogP contribution in [0.4, 0.5) is 0 Å². The average Bonchev–Trinajstić information content (AvgIpc) is 2.12. The first-order valence-corrected chi connectivity index (χ1v) is 2.67. The SMILES string of the molecule is [CH2]C(N)C1=NCCN1. The molecule has 0 saturated heterocycles. The zero-order chi connectivity index (χ0) is 5.98. The van der Waals surface area contributed by atoms with Crippen molar-refractivity contribution >= 4 is 5.84 Å². The fourth-order valence-corrected chi connectivity index (χ4v) is 0.665. The number of hydrogen-bond donors (Lipinski definition) is 2. The topological polar surface area (TPSA) is 50.4 Å². The molecule has 0 spiro atoms. The number of amidine groups is 1. The Kier molecular flexibility index (Phi) is 1.48. The lowest BCUT2D eigenvalue weighted by molar-refractivity contribution is 0.935. The van der Waals surface area contributed by atoms with Crippen molar-refractivity contribution in [2.75, 3.05) is 13.1 Å². The van der Waals surface area contributed by atoms with Gasteiger partial charge in [0.2, 0.25) is 0 Å². The van der Waals surface area contributed by atoms with Crippen LogP contribution in [0, 0.1) is 6.92 Å². The lowest BCUT2D eigenvalue weighted by Gasteiger charge is -2.02. The van der Waals surface area contributed by atoms with Crippen LogP contribution in [-0.2, 0) is 0 Å². The van der Waals surface area contributed by atoms with Crippen molar-refractivity contribution in [1.82, 2.24) is 5.32 Å². The van der Waals surface area contributed by atoms with Gasteiger partial charge >= 0.3 is 0 Å². The van der Waals surface area contributed by atoms with Crippen LogP contribution in [0.15, 0.2) is 4.99 Å². The Bertz CT molecular complexity index is 106. The van der Waals surface area contributed by atoms with E-state index in [2.05, 4.69) is 17.2 Å². The highest BCUT2D eigenvalue weighted by Crippen LogP contribution is 1.86. The minimum absolute atomic E-state index is 0.169. The van der Waals surface area contributed by atoms with Gasteiger partial charge in [-0.1, -0.05) is 0 Å². The van der Waals surface area contributed by atoms with Crippen LogP contribution in [0.2, 0.25) is 0 Å². The molecular formula is C5H10N3. The molecule has 1 radical (unpaired) electrons. The minimum Gasteiger partial charge on any atom is -0.371 e. The zero-order valence-electron chi connectivity index (χ0n) is 4.72. The first kappa shape index (κ1) is 5.56. The number of nitrogens with one attached hydrogen (secondary N) is 1. The summed E-state index contributed by atoms with van der Waals surface area (Å²) in [5.74, 6) is 0.838. The molecule has 1 atom stereocenters. The maximum absolute atomic E-state index is 5.39. The third kappa shape index (κ3) is 0.980. The van der Waals surface area contributed by atoms with Crippen molar-refractivity contribution in [2.45, 2.75) is 6.04 Å². The summed E-state index contributed by atoms with van der Waals surface area (Å²) in [5.41, 5.74) is 5.39. The molecule has 0 aromatic rings. The summed E-state index contributed by atoms with van der Waals surface area (Å²) >= 11 is 0. The maximum atomic E-state index is 5.39. The Morgan fingerprint density at radius 2 is 2.62 bits per heavy atom. The molecule has 0 saturated carbocycles. The Morgan fingerprint density at radius 1 is 1.88 bits per heavy atom. The van der Waals surface area contributed by atoms with Crippen LogP contribution < -0.4 is 11.1 Å². The van der Waals surface area contributed by atoms with E-state index in [0.717, 1.165) is 18.9 Å². The van der Waals surface area contributed by atoms with E-state index in [9.17, 15) is 0 Å². The molecule has 0 bridgehead atoms. The Hall–Kier alpha value is -0.570. The molecule has 1 rings (SSSR count). The van der Waals surface area contributed by atoms with E-state index in [1.165, 1.54) is 0 Å². The average molecular weight is 112 g/mol. The fourth-order valence-electron chi connectivity index (χ4n) is 0.665. The highest BCUT2D eigenvalue weighted by molar-refractivity contribution is 5.88. The van der Waals surface area contributed by atoms with Gasteiger partial charge in [0.1, 0.15) is 5.84 Å². The Labute approximate surface area is 49.0 Å². The third-order valence-electron chi connectivity index (χ3n) is 1.05. The Morgan fingerprint density at radius 3 is 2.88 bits per heavy atom. The second-order valence-corrected chi connectivity index (χ2v) is 1.80. The van der Waals surface area contributed by atoms with Gasteiger partial charge in [-0.15, -0.1) is 0 Å². The summed E-state index contributed by atoms with van der Waals surface area (Å²) in [4.78, 5) is 4.05. The number of rotatable bonds is 1. The lowest BCUT2D eigenvalue weighted by Crippen LogP contribution is -2.35. The first-order valence-electron chi connectivity index (χ1n) is 2.67. The summed E-state index contributed by atoms with van der Waals surface area (Å²) in [6, 6.07) is -0.169. The van der Waals surface area contributed by atoms with E-state index in [1.54, 1.807) is 0 Å². The molecule has 0 fully saturated rings. The molecule has 8 heavy (non-hydrogen) atoms. The van der Waals surface area contributed by atoms with E-state index in [-0.39, 0.29) is 6.04 Å². The minimum atomic E-state index is -0.169. The first-order chi connectivity index (χ1) is 3.80. The van der Waals surface area contributed by atoms with Crippen molar-refractivity contribution in [1.29, 1.82) is 0 Å². The molecule has 3 heteroatoms. The van der Waals surface area contributed by atoms with Crippen LogP contribution >= 0.6 is 0 Å². The van der Waals surface area contributed by atoms with Gasteiger partial charge in [-0.2, -0.15) is 0 Å². The summed E-state index contributed by atoms with van der Waals surface area (Å²) in [6.07, 6.45) is 0. The molecule has 0 aromatic heterocycles. The number of nitrogens with two attached hydrogens (primary N) is 1. The van der Waals surface area contributed by atoms with Crippen molar-refractivity contribution in [2.24, 2.45) is 10.7 Å². The van der Waals surface area contributed by atoms with Crippen LogP contribution in [0.25, 0.3) is 0 Å². The van der Waals surface area contributed by atoms with Gasteiger partial charge in [0.25, 0.3) is 0 Å². The smallest absolute Gasteiger partial charge is 0.113 e. The number of aliphatic imine (C=N–C) groups is 1. The largest absolute Gasteiger partial charge is 0.371 e. The normalized spacial score (nSPS) is 22.0. The summed E-state index contributed by atoms with van der Waals surface area (Å²) in [5, 5.41) is 3.02. The monoisotopic (exact) mass is 112 g/mol. The van der Waals surface area contributed by atoms with Crippen LogP contribution in [-0.4, -0.2) is 25.0 Å². The van der Waals surface area contributed by atoms with Gasteiger partial charge in [0.05, 0.1) is 12.6 Å². The van der Waals surface area contributed by atoms with E-state index < -0.39 is 0 Å². The predicted octanol–water partition coefficient (Wildman–Crippen LogP) is -0.851. The molecule has 3 N–H and O–H groups in total. The van der Waals surface area contributed by atoms with Gasteiger partial charge in [-0.25, -0.2) is 0 Å². The van der Waals surface area contributed by atoms with Gasteiger partial charge in [0, 0.05) is 6.54 Å². The molecule has 1 aliphatic rings. The fraction of sp³-hybridized carbons (Fsp3) is 0.600. The molecule has 0 aliphatic carbocycles. The van der Waals surface area contributed by atoms with Gasteiger partial charge in [0.15, 0.2) is 0 Å².